The molecule has 1 saturated heterocycles. The fourth-order valence-corrected chi connectivity index (χ4v) is 2.30. The highest BCUT2D eigenvalue weighted by Gasteiger charge is 2.14. The van der Waals surface area contributed by atoms with Crippen LogP contribution >= 0.6 is 0 Å². The van der Waals surface area contributed by atoms with Gasteiger partial charge in [-0.2, -0.15) is 0 Å². The number of hydrogen-bond acceptors (Lipinski definition) is 2. The molecule has 0 radical (unpaired) electrons. The molecule has 0 bridgehead atoms. The van der Waals surface area contributed by atoms with E-state index in [1.807, 2.05) is 6.07 Å². The molecule has 2 heteroatoms. The topological polar surface area (TPSA) is 18.5 Å². The van der Waals surface area contributed by atoms with Crippen molar-refractivity contribution >= 4 is 0 Å². The van der Waals surface area contributed by atoms with E-state index in [1.165, 1.54) is 18.4 Å². The molecule has 2 nitrogen and oxygen atoms in total. The van der Waals surface area contributed by atoms with Crippen molar-refractivity contribution in [3.05, 3.63) is 29.8 Å². The summed E-state index contributed by atoms with van der Waals surface area (Å²) < 4.78 is 11.4. The van der Waals surface area contributed by atoms with Gasteiger partial charge in [-0.05, 0) is 43.7 Å². The number of rotatable bonds is 6. The maximum Gasteiger partial charge on any atom is 0.122 e. The second-order valence-corrected chi connectivity index (χ2v) is 4.59. The lowest BCUT2D eigenvalue weighted by molar-refractivity contribution is 0.0981. The van der Waals surface area contributed by atoms with Crippen LogP contribution < -0.4 is 4.74 Å². The van der Waals surface area contributed by atoms with E-state index in [9.17, 15) is 0 Å². The summed E-state index contributed by atoms with van der Waals surface area (Å²) in [5, 5.41) is 0. The third kappa shape index (κ3) is 3.74. The van der Waals surface area contributed by atoms with Crippen LogP contribution in [0.4, 0.5) is 0 Å². The summed E-state index contributed by atoms with van der Waals surface area (Å²) in [6, 6.07) is 8.30. The van der Waals surface area contributed by atoms with Crippen molar-refractivity contribution in [2.75, 3.05) is 13.2 Å². The van der Waals surface area contributed by atoms with Crippen molar-refractivity contribution in [2.45, 2.75) is 45.1 Å². The lowest BCUT2D eigenvalue weighted by Crippen LogP contribution is -2.08. The van der Waals surface area contributed by atoms with Gasteiger partial charge in [-0.3, -0.25) is 0 Å². The van der Waals surface area contributed by atoms with Crippen molar-refractivity contribution in [2.24, 2.45) is 0 Å². The molecule has 2 rings (SSSR count). The summed E-state index contributed by atoms with van der Waals surface area (Å²) in [5.74, 6) is 1.04. The zero-order chi connectivity index (χ0) is 11.9. The van der Waals surface area contributed by atoms with Gasteiger partial charge >= 0.3 is 0 Å². The van der Waals surface area contributed by atoms with Crippen LogP contribution in [-0.4, -0.2) is 19.3 Å². The molecule has 0 spiro atoms. The van der Waals surface area contributed by atoms with E-state index in [0.29, 0.717) is 6.10 Å². The van der Waals surface area contributed by atoms with E-state index >= 15 is 0 Å². The molecule has 0 aromatic heterocycles. The SMILES string of the molecule is CCc1ccccc1OCCCC1CCCO1. The zero-order valence-corrected chi connectivity index (χ0v) is 10.7. The lowest BCUT2D eigenvalue weighted by Gasteiger charge is -2.12. The number of ether oxygens (including phenoxy) is 2. The van der Waals surface area contributed by atoms with Crippen molar-refractivity contribution in [3.8, 4) is 5.75 Å². The first-order chi connectivity index (χ1) is 8.40. The molecular formula is C15H22O2. The van der Waals surface area contributed by atoms with E-state index in [1.54, 1.807) is 0 Å². The molecule has 1 unspecified atom stereocenters. The van der Waals surface area contributed by atoms with Crippen LogP contribution in [0.5, 0.6) is 5.75 Å². The second-order valence-electron chi connectivity index (χ2n) is 4.59. The van der Waals surface area contributed by atoms with Crippen molar-refractivity contribution in [1.82, 2.24) is 0 Å². The van der Waals surface area contributed by atoms with Gasteiger partial charge in [-0.25, -0.2) is 0 Å². The van der Waals surface area contributed by atoms with Gasteiger partial charge in [-0.15, -0.1) is 0 Å². The Balaban J connectivity index is 1.70. The van der Waals surface area contributed by atoms with Crippen LogP contribution in [0.3, 0.4) is 0 Å². The molecule has 94 valence electrons. The summed E-state index contributed by atoms with van der Waals surface area (Å²) in [6.07, 6.45) is 6.19. The Morgan fingerprint density at radius 1 is 1.35 bits per heavy atom. The largest absolute Gasteiger partial charge is 0.493 e. The molecule has 1 aliphatic rings. The smallest absolute Gasteiger partial charge is 0.122 e. The van der Waals surface area contributed by atoms with E-state index in [-0.39, 0.29) is 0 Å². The summed E-state index contributed by atoms with van der Waals surface area (Å²) in [7, 11) is 0. The van der Waals surface area contributed by atoms with Gasteiger partial charge in [0.25, 0.3) is 0 Å². The Hall–Kier alpha value is -1.02. The van der Waals surface area contributed by atoms with Crippen molar-refractivity contribution < 1.29 is 9.47 Å². The monoisotopic (exact) mass is 234 g/mol. The Labute approximate surface area is 104 Å². The summed E-state index contributed by atoms with van der Waals surface area (Å²) >= 11 is 0. The summed E-state index contributed by atoms with van der Waals surface area (Å²) in [4.78, 5) is 0. The number of hydrogen-bond donors (Lipinski definition) is 0. The number of aryl methyl sites for hydroxylation is 1. The first-order valence-electron chi connectivity index (χ1n) is 6.72. The minimum absolute atomic E-state index is 0.486. The standard InChI is InChI=1S/C15H22O2/c1-2-13-7-3-4-10-15(13)17-12-6-9-14-8-5-11-16-14/h3-4,7,10,14H,2,5-6,8-9,11-12H2,1H3. The molecule has 1 fully saturated rings. The highest BCUT2D eigenvalue weighted by molar-refractivity contribution is 5.33. The van der Waals surface area contributed by atoms with E-state index < -0.39 is 0 Å². The third-order valence-electron chi connectivity index (χ3n) is 3.31. The molecule has 1 aromatic carbocycles. The molecule has 1 aliphatic heterocycles. The van der Waals surface area contributed by atoms with Gasteiger partial charge in [0.15, 0.2) is 0 Å². The van der Waals surface area contributed by atoms with Gasteiger partial charge in [0.1, 0.15) is 5.75 Å². The van der Waals surface area contributed by atoms with E-state index in [0.717, 1.165) is 38.2 Å². The highest BCUT2D eigenvalue weighted by atomic mass is 16.5. The average Bonchev–Trinajstić information content (AvgIpc) is 2.88. The maximum atomic E-state index is 5.83. The van der Waals surface area contributed by atoms with Gasteiger partial charge < -0.3 is 9.47 Å². The summed E-state index contributed by atoms with van der Waals surface area (Å²) in [5.41, 5.74) is 1.30. The fourth-order valence-electron chi connectivity index (χ4n) is 2.30. The fraction of sp³-hybridized carbons (Fsp3) is 0.600. The predicted octanol–water partition coefficient (Wildman–Crippen LogP) is 3.59. The summed E-state index contributed by atoms with van der Waals surface area (Å²) in [6.45, 7) is 3.91. The highest BCUT2D eigenvalue weighted by Crippen LogP contribution is 2.20. The maximum absolute atomic E-state index is 5.83. The number of para-hydroxylation sites is 1. The molecule has 0 N–H and O–H groups in total. The minimum atomic E-state index is 0.486. The van der Waals surface area contributed by atoms with Crippen LogP contribution in [0, 0.1) is 0 Å². The van der Waals surface area contributed by atoms with Gasteiger partial charge in [-0.1, -0.05) is 25.1 Å². The normalized spacial score (nSPS) is 19.5. The molecule has 1 heterocycles. The Morgan fingerprint density at radius 3 is 3.00 bits per heavy atom. The second kappa shape index (κ2) is 6.65. The van der Waals surface area contributed by atoms with Gasteiger partial charge in [0, 0.05) is 6.61 Å². The van der Waals surface area contributed by atoms with Crippen LogP contribution in [0.2, 0.25) is 0 Å². The van der Waals surface area contributed by atoms with Crippen molar-refractivity contribution in [3.63, 3.8) is 0 Å². The van der Waals surface area contributed by atoms with Crippen LogP contribution in [0.25, 0.3) is 0 Å². The first-order valence-corrected chi connectivity index (χ1v) is 6.72. The Morgan fingerprint density at radius 2 is 2.24 bits per heavy atom. The first kappa shape index (κ1) is 12.4. The molecular weight excluding hydrogens is 212 g/mol. The average molecular weight is 234 g/mol. The third-order valence-corrected chi connectivity index (χ3v) is 3.31. The molecule has 0 amide bonds. The van der Waals surface area contributed by atoms with Crippen LogP contribution in [-0.2, 0) is 11.2 Å². The molecule has 0 saturated carbocycles. The van der Waals surface area contributed by atoms with Crippen LogP contribution in [0.1, 0.15) is 38.2 Å². The number of benzene rings is 1. The molecule has 1 atom stereocenters. The van der Waals surface area contributed by atoms with Crippen molar-refractivity contribution in [1.29, 1.82) is 0 Å². The van der Waals surface area contributed by atoms with Gasteiger partial charge in [0.05, 0.1) is 12.7 Å². The predicted molar refractivity (Wildman–Crippen MR) is 69.5 cm³/mol. The van der Waals surface area contributed by atoms with E-state index in [2.05, 4.69) is 25.1 Å². The van der Waals surface area contributed by atoms with E-state index in [4.69, 9.17) is 9.47 Å². The van der Waals surface area contributed by atoms with Gasteiger partial charge in [0.2, 0.25) is 0 Å². The molecule has 17 heavy (non-hydrogen) atoms. The molecule has 0 aliphatic carbocycles. The minimum Gasteiger partial charge on any atom is -0.493 e. The van der Waals surface area contributed by atoms with Crippen LogP contribution in [0.15, 0.2) is 24.3 Å². The Bertz CT molecular complexity index is 329. The quantitative estimate of drug-likeness (QED) is 0.700. The lowest BCUT2D eigenvalue weighted by atomic mass is 10.1. The molecule has 1 aromatic rings. The Kier molecular flexibility index (Phi) is 4.87. The zero-order valence-electron chi connectivity index (χ0n) is 10.7.